The number of amides is 2. The first-order chi connectivity index (χ1) is 10.2. The highest BCUT2D eigenvalue weighted by Crippen LogP contribution is 2.63. The average molecular weight is 344 g/mol. The lowest BCUT2D eigenvalue weighted by molar-refractivity contribution is -0.131. The van der Waals surface area contributed by atoms with E-state index in [2.05, 4.69) is 16.2 Å². The van der Waals surface area contributed by atoms with Crippen molar-refractivity contribution in [3.63, 3.8) is 0 Å². The van der Waals surface area contributed by atoms with E-state index >= 15 is 0 Å². The summed E-state index contributed by atoms with van der Waals surface area (Å²) < 4.78 is -1.06. The second kappa shape index (κ2) is 5.97. The minimum absolute atomic E-state index is 0.0494. The standard InChI is InChI=1S/C15H19Cl2N3O2/c1-9-4-5-11(10(2)6-9)18-7-12(21)19-20-13(22)14(3)8-15(14,16)17/h4-6,18H,7-8H2,1-3H3,(H,19,21)(H,20,22). The number of carbonyl (C=O) groups is 2. The molecule has 0 heterocycles. The molecule has 0 radical (unpaired) electrons. The van der Waals surface area contributed by atoms with Gasteiger partial charge >= 0.3 is 0 Å². The molecule has 120 valence electrons. The molecule has 0 saturated heterocycles. The largest absolute Gasteiger partial charge is 0.376 e. The SMILES string of the molecule is Cc1ccc(NCC(=O)NNC(=O)C2(C)CC2(Cl)Cl)c(C)c1. The highest BCUT2D eigenvalue weighted by atomic mass is 35.5. The summed E-state index contributed by atoms with van der Waals surface area (Å²) in [5.74, 6) is -0.746. The van der Waals surface area contributed by atoms with Crippen LogP contribution in [0.1, 0.15) is 24.5 Å². The van der Waals surface area contributed by atoms with Crippen molar-refractivity contribution in [2.24, 2.45) is 5.41 Å². The lowest BCUT2D eigenvalue weighted by Gasteiger charge is -2.14. The molecule has 5 nitrogen and oxygen atoms in total. The number of alkyl halides is 2. The number of nitrogens with one attached hydrogen (secondary N) is 3. The fraction of sp³-hybridized carbons (Fsp3) is 0.467. The summed E-state index contributed by atoms with van der Waals surface area (Å²) in [5, 5.41) is 3.02. The number of rotatable bonds is 4. The number of hydrogen-bond acceptors (Lipinski definition) is 3. The van der Waals surface area contributed by atoms with E-state index in [0.717, 1.165) is 16.8 Å². The molecule has 2 amide bonds. The molecule has 1 unspecified atom stereocenters. The summed E-state index contributed by atoms with van der Waals surface area (Å²) in [7, 11) is 0. The fourth-order valence-corrected chi connectivity index (χ4v) is 2.85. The third-order valence-electron chi connectivity index (χ3n) is 3.90. The summed E-state index contributed by atoms with van der Waals surface area (Å²) >= 11 is 11.8. The van der Waals surface area contributed by atoms with E-state index in [9.17, 15) is 9.59 Å². The maximum absolute atomic E-state index is 11.9. The van der Waals surface area contributed by atoms with Crippen LogP contribution in [-0.4, -0.2) is 22.7 Å². The lowest BCUT2D eigenvalue weighted by Crippen LogP contribution is -2.47. The Labute approximate surface area is 139 Å². The molecule has 1 atom stereocenters. The van der Waals surface area contributed by atoms with Gasteiger partial charge in [0.25, 0.3) is 5.91 Å². The Morgan fingerprint density at radius 1 is 1.23 bits per heavy atom. The zero-order chi connectivity index (χ0) is 16.5. The maximum Gasteiger partial charge on any atom is 0.257 e. The van der Waals surface area contributed by atoms with Crippen molar-refractivity contribution in [2.45, 2.75) is 31.5 Å². The number of carbonyl (C=O) groups excluding carboxylic acids is 2. The van der Waals surface area contributed by atoms with E-state index in [1.807, 2.05) is 32.0 Å². The summed E-state index contributed by atoms with van der Waals surface area (Å²) in [4.78, 5) is 23.7. The lowest BCUT2D eigenvalue weighted by atomic mass is 10.1. The molecule has 1 aliphatic rings. The van der Waals surface area contributed by atoms with Crippen LogP contribution in [0.25, 0.3) is 0 Å². The number of hydrazine groups is 1. The number of anilines is 1. The van der Waals surface area contributed by atoms with Gasteiger partial charge in [-0.05, 0) is 38.8 Å². The van der Waals surface area contributed by atoms with Gasteiger partial charge in [-0.15, -0.1) is 23.2 Å². The third-order valence-corrected chi connectivity index (χ3v) is 5.00. The molecule has 0 spiro atoms. The van der Waals surface area contributed by atoms with E-state index in [1.54, 1.807) is 6.92 Å². The van der Waals surface area contributed by atoms with Gasteiger partial charge < -0.3 is 5.32 Å². The van der Waals surface area contributed by atoms with Crippen molar-refractivity contribution in [2.75, 3.05) is 11.9 Å². The molecule has 1 aromatic carbocycles. The van der Waals surface area contributed by atoms with E-state index in [4.69, 9.17) is 23.2 Å². The first-order valence-corrected chi connectivity index (χ1v) is 7.69. The maximum atomic E-state index is 11.9. The van der Waals surface area contributed by atoms with Crippen molar-refractivity contribution in [3.05, 3.63) is 29.3 Å². The second-order valence-corrected chi connectivity index (χ2v) is 7.37. The minimum Gasteiger partial charge on any atom is -0.376 e. The molecule has 1 aliphatic carbocycles. The van der Waals surface area contributed by atoms with Crippen LogP contribution in [0.5, 0.6) is 0 Å². The Balaban J connectivity index is 1.78. The Hall–Kier alpha value is -1.46. The Morgan fingerprint density at radius 3 is 2.41 bits per heavy atom. The van der Waals surface area contributed by atoms with Crippen LogP contribution >= 0.6 is 23.2 Å². The van der Waals surface area contributed by atoms with Crippen LogP contribution in [0.3, 0.4) is 0 Å². The van der Waals surface area contributed by atoms with Crippen LogP contribution < -0.4 is 16.2 Å². The minimum atomic E-state index is -1.06. The molecule has 22 heavy (non-hydrogen) atoms. The van der Waals surface area contributed by atoms with Gasteiger partial charge in [-0.2, -0.15) is 0 Å². The quantitative estimate of drug-likeness (QED) is 0.580. The number of benzene rings is 1. The monoisotopic (exact) mass is 343 g/mol. The zero-order valence-corrected chi connectivity index (χ0v) is 14.2. The average Bonchev–Trinajstić information content (AvgIpc) is 2.95. The van der Waals surface area contributed by atoms with Crippen LogP contribution in [0.2, 0.25) is 0 Å². The number of aryl methyl sites for hydroxylation is 2. The predicted octanol–water partition coefficient (Wildman–Crippen LogP) is 2.45. The molecule has 3 N–H and O–H groups in total. The molecule has 1 saturated carbocycles. The Kier molecular flexibility index (Phi) is 4.59. The summed E-state index contributed by atoms with van der Waals surface area (Å²) in [6.07, 6.45) is 0.367. The highest BCUT2D eigenvalue weighted by molar-refractivity contribution is 6.53. The summed E-state index contributed by atoms with van der Waals surface area (Å²) in [5.41, 5.74) is 6.93. The van der Waals surface area contributed by atoms with Crippen molar-refractivity contribution in [1.29, 1.82) is 0 Å². The molecule has 1 aromatic rings. The molecular weight excluding hydrogens is 325 g/mol. The Bertz CT molecular complexity index is 619. The van der Waals surface area contributed by atoms with E-state index in [1.165, 1.54) is 0 Å². The van der Waals surface area contributed by atoms with Crippen molar-refractivity contribution < 1.29 is 9.59 Å². The second-order valence-electron chi connectivity index (χ2n) is 5.89. The van der Waals surface area contributed by atoms with Crippen LogP contribution in [0.4, 0.5) is 5.69 Å². The fourth-order valence-electron chi connectivity index (χ4n) is 2.14. The van der Waals surface area contributed by atoms with Crippen LogP contribution in [-0.2, 0) is 9.59 Å². The van der Waals surface area contributed by atoms with E-state index in [-0.39, 0.29) is 12.5 Å². The normalized spacial score (nSPS) is 21.9. The molecular formula is C15H19Cl2N3O2. The van der Waals surface area contributed by atoms with E-state index in [0.29, 0.717) is 6.42 Å². The van der Waals surface area contributed by atoms with Gasteiger partial charge in [0.05, 0.1) is 12.0 Å². The van der Waals surface area contributed by atoms with Gasteiger partial charge in [0.2, 0.25) is 5.91 Å². The molecule has 2 rings (SSSR count). The zero-order valence-electron chi connectivity index (χ0n) is 12.7. The third kappa shape index (κ3) is 3.47. The molecule has 1 fully saturated rings. The molecule has 0 bridgehead atoms. The predicted molar refractivity (Wildman–Crippen MR) is 87.9 cm³/mol. The van der Waals surface area contributed by atoms with Gasteiger partial charge in [-0.1, -0.05) is 17.7 Å². The number of halogens is 2. The van der Waals surface area contributed by atoms with Crippen LogP contribution in [0, 0.1) is 19.3 Å². The van der Waals surface area contributed by atoms with Gasteiger partial charge in [-0.25, -0.2) is 0 Å². The first kappa shape index (κ1) is 16.9. The van der Waals surface area contributed by atoms with Crippen molar-refractivity contribution in [3.8, 4) is 0 Å². The Morgan fingerprint density at radius 2 is 1.86 bits per heavy atom. The van der Waals surface area contributed by atoms with Gasteiger partial charge in [0.1, 0.15) is 4.33 Å². The summed E-state index contributed by atoms with van der Waals surface area (Å²) in [6.45, 7) is 5.67. The molecule has 7 heteroatoms. The number of hydrogen-bond donors (Lipinski definition) is 3. The van der Waals surface area contributed by atoms with Gasteiger partial charge in [0, 0.05) is 5.69 Å². The van der Waals surface area contributed by atoms with Gasteiger partial charge in [-0.3, -0.25) is 20.4 Å². The molecule has 0 aliphatic heterocycles. The smallest absolute Gasteiger partial charge is 0.257 e. The van der Waals surface area contributed by atoms with Crippen LogP contribution in [0.15, 0.2) is 18.2 Å². The molecule has 0 aromatic heterocycles. The van der Waals surface area contributed by atoms with E-state index < -0.39 is 15.7 Å². The van der Waals surface area contributed by atoms with Crippen molar-refractivity contribution >= 4 is 40.7 Å². The van der Waals surface area contributed by atoms with Crippen molar-refractivity contribution in [1.82, 2.24) is 10.9 Å². The van der Waals surface area contributed by atoms with Gasteiger partial charge in [0.15, 0.2) is 0 Å². The first-order valence-electron chi connectivity index (χ1n) is 6.94. The topological polar surface area (TPSA) is 70.2 Å². The highest BCUT2D eigenvalue weighted by Gasteiger charge is 2.68. The summed E-state index contributed by atoms with van der Waals surface area (Å²) in [6, 6.07) is 5.90.